The van der Waals surface area contributed by atoms with Gasteiger partial charge in [0.15, 0.2) is 0 Å². The Morgan fingerprint density at radius 3 is 0.759 bits per heavy atom. The second kappa shape index (κ2) is 42.1. The molecule has 0 rings (SSSR count). The molecular formula is C44H94N4O4S2. The third kappa shape index (κ3) is 55.8. The number of nitrogens with two attached hydrogens (primary N) is 2. The quantitative estimate of drug-likeness (QED) is 0.0362. The van der Waals surface area contributed by atoms with Crippen LogP contribution in [0.1, 0.15) is 194 Å². The van der Waals surface area contributed by atoms with E-state index >= 15 is 0 Å². The van der Waals surface area contributed by atoms with Crippen LogP contribution >= 0.6 is 21.6 Å². The van der Waals surface area contributed by atoms with Gasteiger partial charge < -0.3 is 40.2 Å². The van der Waals surface area contributed by atoms with Crippen LogP contribution in [0.15, 0.2) is 0 Å². The van der Waals surface area contributed by atoms with Crippen molar-refractivity contribution in [2.75, 3.05) is 66.9 Å². The van der Waals surface area contributed by atoms with Gasteiger partial charge in [-0.05, 0) is 25.7 Å². The maximum atomic E-state index is 10.1. The van der Waals surface area contributed by atoms with Crippen molar-refractivity contribution in [3.05, 3.63) is 0 Å². The van der Waals surface area contributed by atoms with Gasteiger partial charge in [-0.1, -0.05) is 190 Å². The van der Waals surface area contributed by atoms with E-state index in [0.29, 0.717) is 0 Å². The van der Waals surface area contributed by atoms with Crippen LogP contribution in [0.25, 0.3) is 0 Å². The van der Waals surface area contributed by atoms with Crippen molar-refractivity contribution in [2.45, 2.75) is 206 Å². The van der Waals surface area contributed by atoms with Crippen LogP contribution < -0.4 is 21.7 Å². The van der Waals surface area contributed by atoms with E-state index in [2.05, 4.69) is 56.1 Å². The summed E-state index contributed by atoms with van der Waals surface area (Å²) in [5.74, 6) is -2.37. The van der Waals surface area contributed by atoms with Crippen LogP contribution in [-0.4, -0.2) is 99.9 Å². The number of carboxylic acid groups (broad SMARTS) is 2. The number of carboxylic acids is 2. The SMILES string of the molecule is CCCCCCCCCCCCCCCC[N+](C)(C)C.CCCCCCCCCCCCCCCC[N+](C)(C)C.N[C@@H](CSSC[C@H](N)C(=O)[O-])C(=O)[O-]. The van der Waals surface area contributed by atoms with Crippen molar-refractivity contribution in [3.63, 3.8) is 0 Å². The molecule has 0 unspecified atom stereocenters. The molecule has 4 N–H and O–H groups in total. The number of aliphatic carboxylic acids is 2. The highest BCUT2D eigenvalue weighted by Crippen LogP contribution is 2.22. The fourth-order valence-corrected chi connectivity index (χ4v) is 8.16. The van der Waals surface area contributed by atoms with Crippen LogP contribution in [0, 0.1) is 0 Å². The molecule has 0 aliphatic heterocycles. The lowest BCUT2D eigenvalue weighted by molar-refractivity contribution is -0.870. The van der Waals surface area contributed by atoms with Crippen LogP contribution in [0.4, 0.5) is 0 Å². The minimum absolute atomic E-state index is 0.146. The second-order valence-electron chi connectivity index (χ2n) is 17.6. The van der Waals surface area contributed by atoms with Gasteiger partial charge in [-0.2, -0.15) is 0 Å². The third-order valence-corrected chi connectivity index (χ3v) is 12.0. The first-order valence-electron chi connectivity index (χ1n) is 22.4. The minimum Gasteiger partial charge on any atom is -0.548 e. The molecule has 0 aliphatic carbocycles. The van der Waals surface area contributed by atoms with Gasteiger partial charge in [0.2, 0.25) is 0 Å². The van der Waals surface area contributed by atoms with E-state index in [4.69, 9.17) is 11.5 Å². The Morgan fingerprint density at radius 1 is 0.407 bits per heavy atom. The van der Waals surface area contributed by atoms with Crippen LogP contribution in [0.3, 0.4) is 0 Å². The maximum absolute atomic E-state index is 10.1. The summed E-state index contributed by atoms with van der Waals surface area (Å²) in [7, 11) is 16.0. The fourth-order valence-electron chi connectivity index (χ4n) is 5.94. The summed E-state index contributed by atoms with van der Waals surface area (Å²) < 4.78 is 2.25. The highest BCUT2D eigenvalue weighted by Gasteiger charge is 2.07. The van der Waals surface area contributed by atoms with Crippen molar-refractivity contribution < 1.29 is 28.8 Å². The largest absolute Gasteiger partial charge is 0.548 e. The summed E-state index contributed by atoms with van der Waals surface area (Å²) in [6.07, 6.45) is 40.7. The van der Waals surface area contributed by atoms with E-state index in [1.807, 2.05) is 0 Å². The van der Waals surface area contributed by atoms with Crippen molar-refractivity contribution in [1.29, 1.82) is 0 Å². The van der Waals surface area contributed by atoms with Crippen molar-refractivity contribution in [1.82, 2.24) is 0 Å². The van der Waals surface area contributed by atoms with Gasteiger partial charge >= 0.3 is 0 Å². The number of hydrogen-bond acceptors (Lipinski definition) is 8. The molecule has 2 atom stereocenters. The van der Waals surface area contributed by atoms with E-state index in [-0.39, 0.29) is 11.5 Å². The third-order valence-electron chi connectivity index (χ3n) is 9.55. The summed E-state index contributed by atoms with van der Waals surface area (Å²) >= 11 is 0. The Kier molecular flexibility index (Phi) is 45.1. The topological polar surface area (TPSA) is 132 Å². The number of hydrogen-bond donors (Lipinski definition) is 2. The fraction of sp³-hybridized carbons (Fsp3) is 0.955. The van der Waals surface area contributed by atoms with Crippen LogP contribution in [-0.2, 0) is 9.59 Å². The number of rotatable bonds is 37. The van der Waals surface area contributed by atoms with E-state index in [1.165, 1.54) is 193 Å². The first-order chi connectivity index (χ1) is 25.6. The average Bonchev–Trinajstić information content (AvgIpc) is 3.09. The molecule has 0 radical (unpaired) electrons. The summed E-state index contributed by atoms with van der Waals surface area (Å²) in [5.41, 5.74) is 10.3. The molecule has 0 heterocycles. The molecule has 0 bridgehead atoms. The van der Waals surface area contributed by atoms with Gasteiger partial charge in [0.25, 0.3) is 0 Å². The van der Waals surface area contributed by atoms with Crippen LogP contribution in [0.5, 0.6) is 0 Å². The van der Waals surface area contributed by atoms with Crippen molar-refractivity contribution >= 4 is 33.5 Å². The molecule has 0 spiro atoms. The molecule has 10 heteroatoms. The maximum Gasteiger partial charge on any atom is 0.0780 e. The van der Waals surface area contributed by atoms with Gasteiger partial charge in [0.05, 0.1) is 79.4 Å². The molecule has 0 amide bonds. The van der Waals surface area contributed by atoms with Gasteiger partial charge in [0, 0.05) is 11.5 Å². The molecule has 326 valence electrons. The van der Waals surface area contributed by atoms with E-state index < -0.39 is 24.0 Å². The first-order valence-corrected chi connectivity index (χ1v) is 24.8. The normalized spacial score (nSPS) is 12.7. The zero-order chi connectivity index (χ0) is 41.4. The molecule has 0 aliphatic rings. The monoisotopic (exact) mass is 807 g/mol. The molecule has 0 fully saturated rings. The summed E-state index contributed by atoms with van der Waals surface area (Å²) in [6.45, 7) is 7.25. The van der Waals surface area contributed by atoms with Gasteiger partial charge in [-0.25, -0.2) is 0 Å². The summed E-state index contributed by atoms with van der Waals surface area (Å²) in [6, 6.07) is -2.10. The Hall–Kier alpha value is -0.520. The standard InChI is InChI=1S/2C19H42N.C6H12N2O4S2/c2*1-5-6-7-8-9-10-11-12-13-14-15-16-17-18-19-20(2,3)4;7-3(5(9)10)1-13-14-2-4(8)6(11)12/h2*5-19H2,1-4H3;3-4H,1-2,7-8H2,(H,9,10)(H,11,12)/q2*+1;/p-2/t;;3-,4-/m..0/s1. The van der Waals surface area contributed by atoms with E-state index in [1.54, 1.807) is 0 Å². The number of quaternary nitrogens is 2. The zero-order valence-electron chi connectivity index (χ0n) is 37.3. The van der Waals surface area contributed by atoms with Crippen molar-refractivity contribution in [3.8, 4) is 0 Å². The molecule has 0 saturated carbocycles. The highest BCUT2D eigenvalue weighted by molar-refractivity contribution is 8.76. The molecule has 0 aromatic rings. The molecule has 0 aromatic heterocycles. The number of carbonyl (C=O) groups excluding carboxylic acids is 2. The number of unbranched alkanes of at least 4 members (excludes halogenated alkanes) is 26. The first kappa shape index (κ1) is 57.8. The predicted molar refractivity (Wildman–Crippen MR) is 237 cm³/mol. The molecule has 54 heavy (non-hydrogen) atoms. The smallest absolute Gasteiger partial charge is 0.0780 e. The van der Waals surface area contributed by atoms with E-state index in [9.17, 15) is 19.8 Å². The van der Waals surface area contributed by atoms with Gasteiger partial charge in [-0.15, -0.1) is 0 Å². The molecule has 0 saturated heterocycles. The Balaban J connectivity index is -0.000000736. The lowest BCUT2D eigenvalue weighted by Gasteiger charge is -2.23. The highest BCUT2D eigenvalue weighted by atomic mass is 33.1. The second-order valence-corrected chi connectivity index (χ2v) is 20.2. The minimum atomic E-state index is -1.33. The lowest BCUT2D eigenvalue weighted by Crippen LogP contribution is -2.44. The zero-order valence-corrected chi connectivity index (χ0v) is 38.9. The van der Waals surface area contributed by atoms with Crippen molar-refractivity contribution in [2.24, 2.45) is 11.5 Å². The summed E-state index contributed by atoms with van der Waals surface area (Å²) in [5, 5.41) is 20.3. The molecule has 0 aromatic carbocycles. The Labute approximate surface area is 345 Å². The molecular weight excluding hydrogens is 713 g/mol. The predicted octanol–water partition coefficient (Wildman–Crippen LogP) is 8.87. The number of nitrogens with zero attached hydrogens (tertiary/aromatic N) is 2. The van der Waals surface area contributed by atoms with Crippen LogP contribution in [0.2, 0.25) is 0 Å². The van der Waals surface area contributed by atoms with Gasteiger partial charge in [0.1, 0.15) is 0 Å². The number of carbonyl (C=O) groups is 2. The average molecular weight is 807 g/mol. The molecule has 8 nitrogen and oxygen atoms in total. The summed E-state index contributed by atoms with van der Waals surface area (Å²) in [4.78, 5) is 20.3. The lowest BCUT2D eigenvalue weighted by atomic mass is 10.0. The Morgan fingerprint density at radius 2 is 0.593 bits per heavy atom. The van der Waals surface area contributed by atoms with Gasteiger partial charge in [-0.3, -0.25) is 0 Å². The van der Waals surface area contributed by atoms with E-state index in [0.717, 1.165) is 30.6 Å². The Bertz CT molecular complexity index is 730.